The number of nitrogens with one attached hydrogen (secondary N) is 3. The first-order chi connectivity index (χ1) is 16.2. The Morgan fingerprint density at radius 3 is 2.88 bits per heavy atom. The first-order valence-corrected chi connectivity index (χ1v) is 12.6. The molecule has 33 heavy (non-hydrogen) atoms. The van der Waals surface area contributed by atoms with Crippen molar-refractivity contribution in [3.63, 3.8) is 0 Å². The number of H-pyrrole nitrogens is 1. The number of phenols is 1. The highest BCUT2D eigenvalue weighted by molar-refractivity contribution is 5.63. The Morgan fingerprint density at radius 2 is 2.12 bits per heavy atom. The van der Waals surface area contributed by atoms with Crippen LogP contribution in [0.2, 0.25) is 0 Å². The number of aromatic hydroxyl groups is 1. The van der Waals surface area contributed by atoms with E-state index in [9.17, 15) is 5.11 Å². The Bertz CT molecular complexity index is 1030. The van der Waals surface area contributed by atoms with Crippen molar-refractivity contribution >= 4 is 5.57 Å². The normalized spacial score (nSPS) is 30.6. The minimum atomic E-state index is 0.225. The SMILES string of the molecule is CCc1cc(O)ccc1C1CCC2C(C1)NNC2c1ncc(C2=CCN(C3COC3)CC2)[nH]1. The summed E-state index contributed by atoms with van der Waals surface area (Å²) >= 11 is 0. The van der Waals surface area contributed by atoms with Crippen LogP contribution in [0.4, 0.5) is 0 Å². The number of rotatable bonds is 5. The average molecular weight is 450 g/mol. The summed E-state index contributed by atoms with van der Waals surface area (Å²) in [5.74, 6) is 2.50. The van der Waals surface area contributed by atoms with Crippen LogP contribution >= 0.6 is 0 Å². The average Bonchev–Trinajstić information content (AvgIpc) is 3.45. The van der Waals surface area contributed by atoms with Gasteiger partial charge in [0.2, 0.25) is 0 Å². The largest absolute Gasteiger partial charge is 0.508 e. The maximum absolute atomic E-state index is 9.88. The van der Waals surface area contributed by atoms with Crippen molar-refractivity contribution in [2.75, 3.05) is 26.3 Å². The zero-order valence-electron chi connectivity index (χ0n) is 19.4. The molecule has 1 aliphatic carbocycles. The molecule has 2 saturated heterocycles. The number of phenolic OH excluding ortho intramolecular Hbond substituents is 1. The lowest BCUT2D eigenvalue weighted by molar-refractivity contribution is -0.0612. The molecule has 6 rings (SSSR count). The Morgan fingerprint density at radius 1 is 1.21 bits per heavy atom. The van der Waals surface area contributed by atoms with Crippen molar-refractivity contribution in [2.45, 2.75) is 63.1 Å². The highest BCUT2D eigenvalue weighted by atomic mass is 16.5. The fourth-order valence-electron chi connectivity index (χ4n) is 6.27. The van der Waals surface area contributed by atoms with Crippen LogP contribution < -0.4 is 10.9 Å². The summed E-state index contributed by atoms with van der Waals surface area (Å²) in [6.45, 7) is 6.04. The number of nitrogens with zero attached hydrogens (tertiary/aromatic N) is 2. The van der Waals surface area contributed by atoms with Gasteiger partial charge in [-0.15, -0.1) is 0 Å². The van der Waals surface area contributed by atoms with Gasteiger partial charge in [0, 0.05) is 19.1 Å². The highest BCUT2D eigenvalue weighted by Crippen LogP contribution is 2.44. The van der Waals surface area contributed by atoms with Crippen LogP contribution in [0.3, 0.4) is 0 Å². The number of imidazole rings is 1. The molecular weight excluding hydrogens is 414 g/mol. The Hall–Kier alpha value is -2.19. The summed E-state index contributed by atoms with van der Waals surface area (Å²) in [5, 5.41) is 9.88. The Balaban J connectivity index is 1.12. The fourth-order valence-corrected chi connectivity index (χ4v) is 6.27. The number of aryl methyl sites for hydroxylation is 1. The molecule has 0 bridgehead atoms. The van der Waals surface area contributed by atoms with Crippen LogP contribution in [-0.2, 0) is 11.2 Å². The second-order valence-corrected chi connectivity index (χ2v) is 10.1. The zero-order valence-corrected chi connectivity index (χ0v) is 19.4. The zero-order chi connectivity index (χ0) is 22.4. The number of benzene rings is 1. The van der Waals surface area contributed by atoms with E-state index in [-0.39, 0.29) is 6.04 Å². The van der Waals surface area contributed by atoms with Gasteiger partial charge < -0.3 is 14.8 Å². The maximum atomic E-state index is 9.88. The van der Waals surface area contributed by atoms with Crippen molar-refractivity contribution in [1.82, 2.24) is 25.7 Å². The van der Waals surface area contributed by atoms with Gasteiger partial charge in [-0.05, 0) is 72.8 Å². The molecule has 0 amide bonds. The monoisotopic (exact) mass is 449 g/mol. The van der Waals surface area contributed by atoms with E-state index in [1.807, 2.05) is 18.3 Å². The molecular formula is C26H35N5O2. The predicted octanol–water partition coefficient (Wildman–Crippen LogP) is 3.27. The molecule has 176 valence electrons. The predicted molar refractivity (Wildman–Crippen MR) is 128 cm³/mol. The van der Waals surface area contributed by atoms with Crippen LogP contribution in [0.25, 0.3) is 5.57 Å². The molecule has 4 unspecified atom stereocenters. The minimum Gasteiger partial charge on any atom is -0.508 e. The van der Waals surface area contributed by atoms with Crippen LogP contribution in [-0.4, -0.2) is 58.4 Å². The van der Waals surface area contributed by atoms with Gasteiger partial charge in [0.15, 0.2) is 0 Å². The van der Waals surface area contributed by atoms with Gasteiger partial charge in [0.25, 0.3) is 0 Å². The highest BCUT2D eigenvalue weighted by Gasteiger charge is 2.42. The van der Waals surface area contributed by atoms with Gasteiger partial charge in [-0.1, -0.05) is 19.1 Å². The summed E-state index contributed by atoms with van der Waals surface area (Å²) in [7, 11) is 0. The lowest BCUT2D eigenvalue weighted by Gasteiger charge is -2.38. The number of hydrazine groups is 1. The Labute approximate surface area is 195 Å². The van der Waals surface area contributed by atoms with Gasteiger partial charge in [-0.25, -0.2) is 10.4 Å². The molecule has 1 saturated carbocycles. The molecule has 4 aliphatic rings. The second-order valence-electron chi connectivity index (χ2n) is 10.1. The van der Waals surface area contributed by atoms with Crippen molar-refractivity contribution in [1.29, 1.82) is 0 Å². The third kappa shape index (κ3) is 4.01. The topological polar surface area (TPSA) is 85.4 Å². The van der Waals surface area contributed by atoms with E-state index in [1.54, 1.807) is 0 Å². The summed E-state index contributed by atoms with van der Waals surface area (Å²) in [4.78, 5) is 11.0. The molecule has 7 nitrogen and oxygen atoms in total. The standard InChI is InChI=1S/C26H35N5O2/c1-2-16-11-20(32)4-6-21(16)18-3-5-22-23(12-18)29-30-25(22)26-27-13-24(28-26)17-7-9-31(10-8-17)19-14-33-15-19/h4,6-7,11,13,18-19,22-23,25,29-30,32H,2-3,5,8-10,12,14-15H2,1H3,(H,27,28). The molecule has 3 aliphatic heterocycles. The number of ether oxygens (including phenoxy) is 1. The molecule has 2 aromatic rings. The van der Waals surface area contributed by atoms with Crippen LogP contribution in [0.1, 0.15) is 67.2 Å². The summed E-state index contributed by atoms with van der Waals surface area (Å²) in [5.41, 5.74) is 12.4. The lowest BCUT2D eigenvalue weighted by Crippen LogP contribution is -2.50. The first-order valence-electron chi connectivity index (χ1n) is 12.6. The van der Waals surface area contributed by atoms with Crippen LogP contribution in [0.5, 0.6) is 5.75 Å². The molecule has 1 aromatic heterocycles. The summed E-state index contributed by atoms with van der Waals surface area (Å²) < 4.78 is 5.35. The van der Waals surface area contributed by atoms with E-state index >= 15 is 0 Å². The molecule has 4 heterocycles. The quantitative estimate of drug-likeness (QED) is 0.561. The Kier molecular flexibility index (Phi) is 5.74. The smallest absolute Gasteiger partial charge is 0.125 e. The van der Waals surface area contributed by atoms with Gasteiger partial charge in [-0.2, -0.15) is 0 Å². The third-order valence-electron chi connectivity index (χ3n) is 8.32. The minimum absolute atomic E-state index is 0.225. The van der Waals surface area contributed by atoms with Crippen molar-refractivity contribution < 1.29 is 9.84 Å². The summed E-state index contributed by atoms with van der Waals surface area (Å²) in [6, 6.07) is 7.18. The number of hydrogen-bond donors (Lipinski definition) is 4. The fraction of sp³-hybridized carbons (Fsp3) is 0.577. The second kappa shape index (κ2) is 8.87. The number of aromatic amines is 1. The molecule has 0 spiro atoms. The van der Waals surface area contributed by atoms with Crippen LogP contribution in [0.15, 0.2) is 30.5 Å². The van der Waals surface area contributed by atoms with E-state index in [0.29, 0.717) is 29.7 Å². The third-order valence-corrected chi connectivity index (χ3v) is 8.32. The number of aromatic nitrogens is 2. The van der Waals surface area contributed by atoms with Crippen molar-refractivity contribution in [3.05, 3.63) is 53.1 Å². The van der Waals surface area contributed by atoms with Gasteiger partial charge >= 0.3 is 0 Å². The van der Waals surface area contributed by atoms with Crippen molar-refractivity contribution in [3.8, 4) is 5.75 Å². The number of fused-ring (bicyclic) bond motifs is 1. The first kappa shape index (κ1) is 21.4. The van der Waals surface area contributed by atoms with E-state index in [2.05, 4.69) is 39.8 Å². The summed E-state index contributed by atoms with van der Waals surface area (Å²) in [6.07, 6.45) is 9.86. The molecule has 1 aromatic carbocycles. The van der Waals surface area contributed by atoms with Crippen LogP contribution in [0, 0.1) is 5.92 Å². The van der Waals surface area contributed by atoms with Gasteiger partial charge in [0.05, 0.1) is 37.2 Å². The van der Waals surface area contributed by atoms with Gasteiger partial charge in [0.1, 0.15) is 11.6 Å². The molecule has 4 atom stereocenters. The van der Waals surface area contributed by atoms with E-state index in [1.165, 1.54) is 35.2 Å². The maximum Gasteiger partial charge on any atom is 0.125 e. The van der Waals surface area contributed by atoms with Gasteiger partial charge in [-0.3, -0.25) is 10.3 Å². The van der Waals surface area contributed by atoms with E-state index < -0.39 is 0 Å². The molecule has 7 heteroatoms. The lowest BCUT2D eigenvalue weighted by atomic mass is 9.73. The molecule has 0 radical (unpaired) electrons. The number of hydrogen-bond acceptors (Lipinski definition) is 6. The van der Waals surface area contributed by atoms with Crippen molar-refractivity contribution in [2.24, 2.45) is 5.92 Å². The van der Waals surface area contributed by atoms with E-state index in [4.69, 9.17) is 9.72 Å². The molecule has 3 fully saturated rings. The van der Waals surface area contributed by atoms with E-state index in [0.717, 1.165) is 51.4 Å². The molecule has 4 N–H and O–H groups in total.